The van der Waals surface area contributed by atoms with Gasteiger partial charge in [-0.3, -0.25) is 4.90 Å². The Kier molecular flexibility index (Phi) is 6.24. The van der Waals surface area contributed by atoms with Crippen molar-refractivity contribution in [1.82, 2.24) is 9.80 Å². The second-order valence-electron chi connectivity index (χ2n) is 5.92. The minimum Gasteiger partial charge on any atom is -0.497 e. The number of fused-ring (bicyclic) bond motifs is 1. The second-order valence-corrected chi connectivity index (χ2v) is 5.92. The fraction of sp³-hybridized carbons (Fsp3) is 0.588. The van der Waals surface area contributed by atoms with Crippen LogP contribution in [0.4, 0.5) is 4.79 Å². The van der Waals surface area contributed by atoms with Crippen molar-refractivity contribution in [3.05, 3.63) is 35.8 Å². The first-order valence-corrected chi connectivity index (χ1v) is 7.80. The fourth-order valence-electron chi connectivity index (χ4n) is 2.77. The average Bonchev–Trinajstić information content (AvgIpc) is 2.91. The molecule has 0 radical (unpaired) electrons. The van der Waals surface area contributed by atoms with Crippen molar-refractivity contribution in [2.45, 2.75) is 12.5 Å². The Bertz CT molecular complexity index is 511. The van der Waals surface area contributed by atoms with Crippen molar-refractivity contribution in [3.8, 4) is 0 Å². The number of hydrogen-bond acceptors (Lipinski definition) is 5. The summed E-state index contributed by atoms with van der Waals surface area (Å²) in [6.45, 7) is 1.58. The number of nitrogens with zero attached hydrogens (tertiary/aromatic N) is 2. The van der Waals surface area contributed by atoms with Gasteiger partial charge in [-0.25, -0.2) is 4.79 Å². The maximum Gasteiger partial charge on any atom is 0.414 e. The maximum atomic E-state index is 12.4. The van der Waals surface area contributed by atoms with E-state index in [9.17, 15) is 4.79 Å². The molecule has 2 atom stereocenters. The van der Waals surface area contributed by atoms with E-state index in [1.807, 2.05) is 32.4 Å². The van der Waals surface area contributed by atoms with Crippen LogP contribution in [0.15, 0.2) is 35.8 Å². The predicted molar refractivity (Wildman–Crippen MR) is 87.8 cm³/mol. The van der Waals surface area contributed by atoms with Gasteiger partial charge in [0.05, 0.1) is 19.8 Å². The highest BCUT2D eigenvalue weighted by molar-refractivity contribution is 5.71. The van der Waals surface area contributed by atoms with Gasteiger partial charge in [0.25, 0.3) is 0 Å². The molecule has 0 aromatic carbocycles. The standard InChI is InChI=1S/C17H26N2O4/c1-18(2)8-7-13-12-19(17(20)23-10-9-21-3)16-11-14(22-4)5-6-15(13)16/h5-6,11-12,15-16H,7-10H2,1-4H3. The molecule has 1 aliphatic carbocycles. The number of carbonyl (C=O) groups excluding carboxylic acids is 1. The van der Waals surface area contributed by atoms with Crippen LogP contribution in [-0.2, 0) is 14.2 Å². The quantitative estimate of drug-likeness (QED) is 0.671. The SMILES string of the molecule is COCCOC(=O)N1C=C(CCN(C)C)C2C=CC(OC)=CC21. The Morgan fingerprint density at radius 2 is 2.09 bits per heavy atom. The van der Waals surface area contributed by atoms with Gasteiger partial charge in [-0.05, 0) is 38.2 Å². The molecule has 0 fully saturated rings. The van der Waals surface area contributed by atoms with Gasteiger partial charge in [0.2, 0.25) is 0 Å². The molecule has 0 aromatic heterocycles. The molecule has 2 aliphatic rings. The van der Waals surface area contributed by atoms with Gasteiger partial charge in [0.1, 0.15) is 12.4 Å². The molecule has 1 amide bonds. The molecule has 6 heteroatoms. The molecular formula is C17H26N2O4. The zero-order valence-electron chi connectivity index (χ0n) is 14.3. The topological polar surface area (TPSA) is 51.2 Å². The highest BCUT2D eigenvalue weighted by Crippen LogP contribution is 2.36. The Morgan fingerprint density at radius 1 is 1.30 bits per heavy atom. The monoisotopic (exact) mass is 322 g/mol. The van der Waals surface area contributed by atoms with E-state index in [1.165, 1.54) is 5.57 Å². The molecular weight excluding hydrogens is 296 g/mol. The summed E-state index contributed by atoms with van der Waals surface area (Å²) in [5, 5.41) is 0. The third-order valence-corrected chi connectivity index (χ3v) is 4.03. The van der Waals surface area contributed by atoms with Crippen LogP contribution in [0.5, 0.6) is 0 Å². The maximum absolute atomic E-state index is 12.4. The van der Waals surface area contributed by atoms with Crippen molar-refractivity contribution < 1.29 is 19.0 Å². The fourth-order valence-corrected chi connectivity index (χ4v) is 2.77. The molecule has 23 heavy (non-hydrogen) atoms. The summed E-state index contributed by atoms with van der Waals surface area (Å²) in [5.41, 5.74) is 1.23. The Labute approximate surface area is 138 Å². The first-order chi connectivity index (χ1) is 11.1. The van der Waals surface area contributed by atoms with Crippen LogP contribution >= 0.6 is 0 Å². The van der Waals surface area contributed by atoms with E-state index < -0.39 is 0 Å². The molecule has 0 bridgehead atoms. The minimum absolute atomic E-state index is 0.0813. The lowest BCUT2D eigenvalue weighted by molar-refractivity contribution is 0.0770. The van der Waals surface area contributed by atoms with Crippen molar-refractivity contribution in [2.75, 3.05) is 48.1 Å². The van der Waals surface area contributed by atoms with Gasteiger partial charge in [-0.2, -0.15) is 0 Å². The first kappa shape index (κ1) is 17.6. The van der Waals surface area contributed by atoms with Crippen molar-refractivity contribution in [3.63, 3.8) is 0 Å². The Morgan fingerprint density at radius 3 is 2.74 bits per heavy atom. The zero-order valence-corrected chi connectivity index (χ0v) is 14.3. The molecule has 0 aromatic rings. The van der Waals surface area contributed by atoms with Crippen LogP contribution in [0, 0.1) is 5.92 Å². The van der Waals surface area contributed by atoms with E-state index in [-0.39, 0.29) is 24.7 Å². The summed E-state index contributed by atoms with van der Waals surface area (Å²) >= 11 is 0. The summed E-state index contributed by atoms with van der Waals surface area (Å²) in [7, 11) is 7.30. The molecule has 6 nitrogen and oxygen atoms in total. The van der Waals surface area contributed by atoms with Crippen LogP contribution < -0.4 is 0 Å². The van der Waals surface area contributed by atoms with Crippen LogP contribution in [-0.4, -0.2) is 70.0 Å². The Hall–Kier alpha value is -1.79. The molecule has 2 rings (SSSR count). The van der Waals surface area contributed by atoms with Crippen LogP contribution in [0.2, 0.25) is 0 Å². The number of methoxy groups -OCH3 is 2. The van der Waals surface area contributed by atoms with E-state index in [4.69, 9.17) is 14.2 Å². The van der Waals surface area contributed by atoms with E-state index >= 15 is 0 Å². The molecule has 0 saturated carbocycles. The first-order valence-electron chi connectivity index (χ1n) is 7.80. The minimum atomic E-state index is -0.348. The van der Waals surface area contributed by atoms with E-state index in [0.717, 1.165) is 18.7 Å². The molecule has 0 N–H and O–H groups in total. The lowest BCUT2D eigenvalue weighted by atomic mass is 9.89. The Balaban J connectivity index is 2.12. The summed E-state index contributed by atoms with van der Waals surface area (Å²) < 4.78 is 15.5. The number of allylic oxidation sites excluding steroid dienone is 1. The zero-order chi connectivity index (χ0) is 16.8. The predicted octanol–water partition coefficient (Wildman–Crippen LogP) is 2.01. The van der Waals surface area contributed by atoms with Crippen molar-refractivity contribution in [1.29, 1.82) is 0 Å². The molecule has 1 heterocycles. The number of amides is 1. The summed E-state index contributed by atoms with van der Waals surface area (Å²) in [6.07, 6.45) is 8.53. The molecule has 0 spiro atoms. The van der Waals surface area contributed by atoms with E-state index in [0.29, 0.717) is 6.61 Å². The van der Waals surface area contributed by atoms with Gasteiger partial charge in [0.15, 0.2) is 0 Å². The van der Waals surface area contributed by atoms with E-state index in [2.05, 4.69) is 11.0 Å². The van der Waals surface area contributed by atoms with Gasteiger partial charge >= 0.3 is 6.09 Å². The number of ether oxygens (including phenoxy) is 3. The van der Waals surface area contributed by atoms with Crippen molar-refractivity contribution >= 4 is 6.09 Å². The molecule has 1 aliphatic heterocycles. The van der Waals surface area contributed by atoms with Crippen molar-refractivity contribution in [2.24, 2.45) is 5.92 Å². The van der Waals surface area contributed by atoms with Gasteiger partial charge in [-0.15, -0.1) is 0 Å². The van der Waals surface area contributed by atoms with Gasteiger partial charge < -0.3 is 19.1 Å². The smallest absolute Gasteiger partial charge is 0.414 e. The lowest BCUT2D eigenvalue weighted by Crippen LogP contribution is -2.37. The average molecular weight is 322 g/mol. The summed E-state index contributed by atoms with van der Waals surface area (Å²) in [5.74, 6) is 0.951. The highest BCUT2D eigenvalue weighted by atomic mass is 16.6. The highest BCUT2D eigenvalue weighted by Gasteiger charge is 2.38. The van der Waals surface area contributed by atoms with E-state index in [1.54, 1.807) is 19.1 Å². The lowest BCUT2D eigenvalue weighted by Gasteiger charge is -2.27. The summed E-state index contributed by atoms with van der Waals surface area (Å²) in [4.78, 5) is 16.2. The van der Waals surface area contributed by atoms with Gasteiger partial charge in [0, 0.05) is 25.8 Å². The largest absolute Gasteiger partial charge is 0.497 e. The summed E-state index contributed by atoms with van der Waals surface area (Å²) in [6, 6.07) is -0.0813. The third-order valence-electron chi connectivity index (χ3n) is 4.03. The second kappa shape index (κ2) is 8.17. The molecule has 2 unspecified atom stereocenters. The molecule has 128 valence electrons. The van der Waals surface area contributed by atoms with Crippen LogP contribution in [0.1, 0.15) is 6.42 Å². The number of rotatable bonds is 7. The van der Waals surface area contributed by atoms with Crippen LogP contribution in [0.3, 0.4) is 0 Å². The van der Waals surface area contributed by atoms with Crippen LogP contribution in [0.25, 0.3) is 0 Å². The number of hydrogen-bond donors (Lipinski definition) is 0. The molecule has 0 saturated heterocycles. The van der Waals surface area contributed by atoms with Gasteiger partial charge in [-0.1, -0.05) is 6.08 Å². The number of carbonyl (C=O) groups is 1. The third kappa shape index (κ3) is 4.36. The normalized spacial score (nSPS) is 22.7.